The summed E-state index contributed by atoms with van der Waals surface area (Å²) in [6.07, 6.45) is 2.84. The van der Waals surface area contributed by atoms with Gasteiger partial charge in [0.15, 0.2) is 0 Å². The van der Waals surface area contributed by atoms with Gasteiger partial charge in [0.25, 0.3) is 0 Å². The lowest BCUT2D eigenvalue weighted by Gasteiger charge is -2.25. The fraction of sp³-hybridized carbons (Fsp3) is 0.412. The van der Waals surface area contributed by atoms with E-state index < -0.39 is 29.5 Å². The number of nitrogens with zero attached hydrogens (tertiary/aromatic N) is 1. The summed E-state index contributed by atoms with van der Waals surface area (Å²) in [6, 6.07) is 3.15. The Morgan fingerprint density at radius 1 is 1.36 bits per heavy atom. The zero-order valence-electron chi connectivity index (χ0n) is 13.5. The second kappa shape index (κ2) is 5.37. The quantitative estimate of drug-likeness (QED) is 0.718. The van der Waals surface area contributed by atoms with Crippen molar-refractivity contribution in [3.05, 3.63) is 29.3 Å². The Balaban J connectivity index is 1.77. The van der Waals surface area contributed by atoms with Gasteiger partial charge in [0.05, 0.1) is 43.5 Å². The monoisotopic (exact) mass is 364 g/mol. The van der Waals surface area contributed by atoms with Crippen LogP contribution in [0, 0.1) is 11.8 Å². The number of anilines is 1. The maximum atomic E-state index is 13.0. The van der Waals surface area contributed by atoms with E-state index in [1.54, 1.807) is 24.3 Å². The Morgan fingerprint density at radius 2 is 2.08 bits per heavy atom. The molecule has 1 amide bonds. The Hall–Kier alpha value is -2.25. The highest BCUT2D eigenvalue weighted by molar-refractivity contribution is 6.32. The third-order valence-electron chi connectivity index (χ3n) is 5.12. The van der Waals surface area contributed by atoms with Crippen molar-refractivity contribution in [1.29, 1.82) is 0 Å². The third-order valence-corrected chi connectivity index (χ3v) is 5.41. The maximum absolute atomic E-state index is 13.0. The molecular formula is C17H15ClNO6-. The highest BCUT2D eigenvalue weighted by Crippen LogP contribution is 2.53. The number of rotatable bonds is 4. The van der Waals surface area contributed by atoms with Gasteiger partial charge in [0.2, 0.25) is 5.91 Å². The first-order chi connectivity index (χ1) is 11.9. The van der Waals surface area contributed by atoms with Crippen LogP contribution in [0.3, 0.4) is 0 Å². The lowest BCUT2D eigenvalue weighted by molar-refractivity contribution is -0.313. The van der Waals surface area contributed by atoms with Crippen molar-refractivity contribution in [2.24, 2.45) is 11.8 Å². The lowest BCUT2D eigenvalue weighted by atomic mass is 9.77. The molecule has 2 bridgehead atoms. The standard InChI is InChI=1S/C17H16ClNO6/c1-23-11-6-12(24-2)9(5-8(11)18)19-7-17-4-3-10(25-17)13(16(21)22)14(17)15(19)20/h3-6,10,13-14H,7H2,1-2H3,(H,21,22)/p-1/t10-,13-,14+,17-/m0/s1. The van der Waals surface area contributed by atoms with Crippen LogP contribution in [0.2, 0.25) is 5.02 Å². The molecule has 0 radical (unpaired) electrons. The number of methoxy groups -OCH3 is 2. The summed E-state index contributed by atoms with van der Waals surface area (Å²) >= 11 is 6.19. The topological polar surface area (TPSA) is 88.1 Å². The number of carboxylic acids is 1. The summed E-state index contributed by atoms with van der Waals surface area (Å²) in [4.78, 5) is 26.0. The summed E-state index contributed by atoms with van der Waals surface area (Å²) in [7, 11) is 2.95. The van der Waals surface area contributed by atoms with Crippen LogP contribution in [-0.2, 0) is 14.3 Å². The molecule has 0 aliphatic carbocycles. The molecule has 25 heavy (non-hydrogen) atoms. The number of fused-ring (bicyclic) bond motifs is 1. The molecule has 0 saturated carbocycles. The number of halogens is 1. The predicted octanol–water partition coefficient (Wildman–Crippen LogP) is 0.394. The molecule has 2 saturated heterocycles. The summed E-state index contributed by atoms with van der Waals surface area (Å²) in [5.41, 5.74) is -0.510. The fourth-order valence-electron chi connectivity index (χ4n) is 4.03. The molecular weight excluding hydrogens is 350 g/mol. The molecule has 0 unspecified atom stereocenters. The average Bonchev–Trinajstić information content (AvgIpc) is 3.22. The minimum atomic E-state index is -1.28. The second-order valence-corrected chi connectivity index (χ2v) is 6.71. The van der Waals surface area contributed by atoms with E-state index in [1.165, 1.54) is 19.1 Å². The van der Waals surface area contributed by atoms with Gasteiger partial charge >= 0.3 is 0 Å². The summed E-state index contributed by atoms with van der Waals surface area (Å²) in [6.45, 7) is 0.187. The molecule has 2 fully saturated rings. The van der Waals surface area contributed by atoms with Crippen molar-refractivity contribution in [2.45, 2.75) is 11.7 Å². The Kier molecular flexibility index (Phi) is 3.49. The van der Waals surface area contributed by atoms with Gasteiger partial charge in [-0.2, -0.15) is 0 Å². The first-order valence-corrected chi connectivity index (χ1v) is 8.10. The third kappa shape index (κ3) is 2.09. The van der Waals surface area contributed by atoms with E-state index in [-0.39, 0.29) is 12.5 Å². The van der Waals surface area contributed by atoms with Gasteiger partial charge in [0.1, 0.15) is 17.1 Å². The predicted molar refractivity (Wildman–Crippen MR) is 85.6 cm³/mol. The number of amides is 1. The lowest BCUT2D eigenvalue weighted by Crippen LogP contribution is -2.45. The van der Waals surface area contributed by atoms with E-state index >= 15 is 0 Å². The maximum Gasteiger partial charge on any atom is 0.234 e. The molecule has 1 aromatic rings. The number of ether oxygens (including phenoxy) is 3. The van der Waals surface area contributed by atoms with Crippen LogP contribution in [0.5, 0.6) is 11.5 Å². The van der Waals surface area contributed by atoms with Crippen molar-refractivity contribution in [3.63, 3.8) is 0 Å². The van der Waals surface area contributed by atoms with E-state index in [9.17, 15) is 14.7 Å². The van der Waals surface area contributed by atoms with Crippen LogP contribution >= 0.6 is 11.6 Å². The molecule has 7 nitrogen and oxygen atoms in total. The van der Waals surface area contributed by atoms with E-state index in [0.29, 0.717) is 22.2 Å². The first-order valence-electron chi connectivity index (χ1n) is 7.73. The van der Waals surface area contributed by atoms with Gasteiger partial charge in [0, 0.05) is 18.0 Å². The first kappa shape index (κ1) is 16.2. The van der Waals surface area contributed by atoms with E-state index in [4.69, 9.17) is 25.8 Å². The molecule has 132 valence electrons. The van der Waals surface area contributed by atoms with Crippen molar-refractivity contribution >= 4 is 29.2 Å². The number of hydrogen-bond acceptors (Lipinski definition) is 6. The molecule has 3 aliphatic rings. The molecule has 1 aromatic carbocycles. The van der Waals surface area contributed by atoms with Crippen LogP contribution in [0.4, 0.5) is 5.69 Å². The Morgan fingerprint density at radius 3 is 2.72 bits per heavy atom. The zero-order valence-corrected chi connectivity index (χ0v) is 14.3. The van der Waals surface area contributed by atoms with Gasteiger partial charge in [-0.1, -0.05) is 23.8 Å². The van der Waals surface area contributed by atoms with Crippen LogP contribution in [0.15, 0.2) is 24.3 Å². The SMILES string of the molecule is COc1cc(OC)c(N2C[C@]34C=C[C@H](O3)[C@H](C(=O)[O-])[C@@H]4C2=O)cc1Cl. The van der Waals surface area contributed by atoms with E-state index in [2.05, 4.69) is 0 Å². The minimum Gasteiger partial charge on any atom is -0.550 e. The highest BCUT2D eigenvalue weighted by atomic mass is 35.5. The Labute approximate surface area is 148 Å². The largest absolute Gasteiger partial charge is 0.550 e. The average molecular weight is 365 g/mol. The van der Waals surface area contributed by atoms with Crippen LogP contribution < -0.4 is 19.5 Å². The number of benzene rings is 1. The van der Waals surface area contributed by atoms with Gasteiger partial charge in [-0.3, -0.25) is 4.79 Å². The normalized spacial score (nSPS) is 32.2. The molecule has 3 aliphatic heterocycles. The van der Waals surface area contributed by atoms with E-state index in [0.717, 1.165) is 0 Å². The van der Waals surface area contributed by atoms with Gasteiger partial charge in [-0.05, 0) is 6.07 Å². The zero-order chi connectivity index (χ0) is 17.9. The van der Waals surface area contributed by atoms with Gasteiger partial charge in [-0.25, -0.2) is 0 Å². The molecule has 0 N–H and O–H groups in total. The highest BCUT2D eigenvalue weighted by Gasteiger charge is 2.65. The van der Waals surface area contributed by atoms with Crippen LogP contribution in [0.25, 0.3) is 0 Å². The molecule has 3 heterocycles. The van der Waals surface area contributed by atoms with Crippen molar-refractivity contribution in [3.8, 4) is 11.5 Å². The fourth-order valence-corrected chi connectivity index (χ4v) is 4.26. The number of carbonyl (C=O) groups excluding carboxylic acids is 2. The molecule has 4 rings (SSSR count). The number of carboxylic acid groups (broad SMARTS) is 1. The van der Waals surface area contributed by atoms with Crippen molar-refractivity contribution in [2.75, 3.05) is 25.7 Å². The number of hydrogen-bond donors (Lipinski definition) is 0. The van der Waals surface area contributed by atoms with Crippen LogP contribution in [-0.4, -0.2) is 44.3 Å². The van der Waals surface area contributed by atoms with Gasteiger partial charge in [-0.15, -0.1) is 0 Å². The summed E-state index contributed by atoms with van der Waals surface area (Å²) in [5, 5.41) is 11.8. The van der Waals surface area contributed by atoms with E-state index in [1.807, 2.05) is 0 Å². The van der Waals surface area contributed by atoms with Crippen molar-refractivity contribution in [1.82, 2.24) is 0 Å². The smallest absolute Gasteiger partial charge is 0.234 e. The van der Waals surface area contributed by atoms with Crippen LogP contribution in [0.1, 0.15) is 0 Å². The molecule has 8 heteroatoms. The summed E-state index contributed by atoms with van der Waals surface area (Å²) < 4.78 is 16.4. The number of aliphatic carboxylic acids is 1. The summed E-state index contributed by atoms with van der Waals surface area (Å²) in [5.74, 6) is -2.64. The molecule has 0 aromatic heterocycles. The molecule has 4 atom stereocenters. The Bertz CT molecular complexity index is 809. The van der Waals surface area contributed by atoms with Crippen molar-refractivity contribution < 1.29 is 28.9 Å². The second-order valence-electron chi connectivity index (χ2n) is 6.30. The minimum absolute atomic E-state index is 0.187. The van der Waals surface area contributed by atoms with Gasteiger partial charge < -0.3 is 29.0 Å². The number of carbonyl (C=O) groups is 2. The molecule has 1 spiro atoms.